The molecule has 186 valence electrons. The molecule has 0 saturated heterocycles. The molecular formula is C29H24N2O5S. The summed E-state index contributed by atoms with van der Waals surface area (Å²) in [7, 11) is 1.55. The Labute approximate surface area is 218 Å². The number of hydrogen-bond acceptors (Lipinski definition) is 5. The zero-order valence-electron chi connectivity index (χ0n) is 19.9. The van der Waals surface area contributed by atoms with Gasteiger partial charge in [0.2, 0.25) is 5.91 Å². The standard InChI is InChI=1S/C29H24N2O5S/c1-36-24-9-5-8-21(18-24)27(32)30-23-14-16-25(17-15-23)37-26(19-6-3-2-4-7-19)28(33)31-22-12-10-20(11-13-22)29(34)35/h2-18,26H,1H3,(H,30,32)(H,31,33)(H,34,35). The number of methoxy groups -OCH3 is 1. The van der Waals surface area contributed by atoms with Crippen LogP contribution in [-0.4, -0.2) is 30.0 Å². The third kappa shape index (κ3) is 6.77. The number of thioether (sulfide) groups is 1. The van der Waals surface area contributed by atoms with E-state index in [4.69, 9.17) is 9.84 Å². The Morgan fingerprint density at radius 3 is 2.05 bits per heavy atom. The van der Waals surface area contributed by atoms with Crippen LogP contribution >= 0.6 is 11.8 Å². The Morgan fingerprint density at radius 1 is 0.757 bits per heavy atom. The van der Waals surface area contributed by atoms with Crippen molar-refractivity contribution in [3.63, 3.8) is 0 Å². The molecule has 1 atom stereocenters. The fourth-order valence-electron chi connectivity index (χ4n) is 3.53. The molecule has 3 N–H and O–H groups in total. The van der Waals surface area contributed by atoms with Gasteiger partial charge in [-0.2, -0.15) is 0 Å². The van der Waals surface area contributed by atoms with Gasteiger partial charge < -0.3 is 20.5 Å². The number of amides is 2. The number of carboxylic acid groups (broad SMARTS) is 1. The highest BCUT2D eigenvalue weighted by molar-refractivity contribution is 8.00. The summed E-state index contributed by atoms with van der Waals surface area (Å²) < 4.78 is 5.18. The second-order valence-corrected chi connectivity index (χ2v) is 9.17. The summed E-state index contributed by atoms with van der Waals surface area (Å²) in [6.07, 6.45) is 0. The van der Waals surface area contributed by atoms with Crippen LogP contribution in [0, 0.1) is 0 Å². The predicted molar refractivity (Wildman–Crippen MR) is 144 cm³/mol. The van der Waals surface area contributed by atoms with Crippen molar-refractivity contribution in [2.45, 2.75) is 10.1 Å². The van der Waals surface area contributed by atoms with Crippen molar-refractivity contribution in [3.8, 4) is 5.75 Å². The molecule has 0 saturated carbocycles. The van der Waals surface area contributed by atoms with E-state index in [0.717, 1.165) is 10.5 Å². The van der Waals surface area contributed by atoms with Crippen LogP contribution in [-0.2, 0) is 4.79 Å². The molecule has 4 aromatic rings. The molecular weight excluding hydrogens is 488 g/mol. The maximum Gasteiger partial charge on any atom is 0.335 e. The molecule has 4 rings (SSSR count). The third-order valence-corrected chi connectivity index (χ3v) is 6.70. The minimum Gasteiger partial charge on any atom is -0.497 e. The molecule has 0 spiro atoms. The Morgan fingerprint density at radius 2 is 1.41 bits per heavy atom. The second-order valence-electron chi connectivity index (χ2n) is 7.99. The second kappa shape index (κ2) is 11.9. The van der Waals surface area contributed by atoms with E-state index in [1.54, 1.807) is 55.6 Å². The molecule has 7 nitrogen and oxygen atoms in total. The summed E-state index contributed by atoms with van der Waals surface area (Å²) in [6, 6.07) is 29.6. The maximum absolute atomic E-state index is 13.2. The molecule has 0 aliphatic carbocycles. The molecule has 0 aliphatic heterocycles. The van der Waals surface area contributed by atoms with Gasteiger partial charge in [0.1, 0.15) is 11.0 Å². The van der Waals surface area contributed by atoms with Crippen molar-refractivity contribution < 1.29 is 24.2 Å². The Balaban J connectivity index is 1.47. The molecule has 4 aromatic carbocycles. The average molecular weight is 513 g/mol. The molecule has 0 aliphatic rings. The fraction of sp³-hybridized carbons (Fsp3) is 0.0690. The largest absolute Gasteiger partial charge is 0.497 e. The van der Waals surface area contributed by atoms with Gasteiger partial charge in [0.05, 0.1) is 12.7 Å². The number of rotatable bonds is 9. The van der Waals surface area contributed by atoms with Crippen molar-refractivity contribution >= 4 is 40.9 Å². The molecule has 0 aromatic heterocycles. The van der Waals surface area contributed by atoms with Gasteiger partial charge in [-0.1, -0.05) is 36.4 Å². The first-order chi connectivity index (χ1) is 17.9. The van der Waals surface area contributed by atoms with E-state index < -0.39 is 11.2 Å². The van der Waals surface area contributed by atoms with E-state index in [0.29, 0.717) is 22.7 Å². The topological polar surface area (TPSA) is 105 Å². The van der Waals surface area contributed by atoms with E-state index >= 15 is 0 Å². The lowest BCUT2D eigenvalue weighted by Crippen LogP contribution is -2.19. The number of hydrogen-bond donors (Lipinski definition) is 3. The monoisotopic (exact) mass is 512 g/mol. The number of nitrogens with one attached hydrogen (secondary N) is 2. The summed E-state index contributed by atoms with van der Waals surface area (Å²) >= 11 is 1.37. The van der Waals surface area contributed by atoms with Crippen LogP contribution in [0.15, 0.2) is 108 Å². The van der Waals surface area contributed by atoms with Crippen molar-refractivity contribution in [3.05, 3.63) is 120 Å². The molecule has 37 heavy (non-hydrogen) atoms. The van der Waals surface area contributed by atoms with Crippen LogP contribution in [0.2, 0.25) is 0 Å². The lowest BCUT2D eigenvalue weighted by atomic mass is 10.1. The normalized spacial score (nSPS) is 11.3. The Kier molecular flexibility index (Phi) is 8.22. The van der Waals surface area contributed by atoms with E-state index in [2.05, 4.69) is 10.6 Å². The third-order valence-electron chi connectivity index (χ3n) is 5.44. The summed E-state index contributed by atoms with van der Waals surface area (Å²) in [6.45, 7) is 0. The van der Waals surface area contributed by atoms with Crippen molar-refractivity contribution in [1.29, 1.82) is 0 Å². The summed E-state index contributed by atoms with van der Waals surface area (Å²) in [5, 5.41) is 14.3. The lowest BCUT2D eigenvalue weighted by Gasteiger charge is -2.17. The molecule has 0 heterocycles. The van der Waals surface area contributed by atoms with E-state index in [1.165, 1.54) is 23.9 Å². The van der Waals surface area contributed by atoms with Gasteiger partial charge >= 0.3 is 5.97 Å². The van der Waals surface area contributed by atoms with Crippen LogP contribution in [0.4, 0.5) is 11.4 Å². The van der Waals surface area contributed by atoms with E-state index in [1.807, 2.05) is 42.5 Å². The van der Waals surface area contributed by atoms with Crippen LogP contribution in [0.25, 0.3) is 0 Å². The first-order valence-electron chi connectivity index (χ1n) is 11.3. The summed E-state index contributed by atoms with van der Waals surface area (Å²) in [5.74, 6) is -0.925. The van der Waals surface area contributed by atoms with Gasteiger partial charge in [-0.25, -0.2) is 4.79 Å². The quantitative estimate of drug-likeness (QED) is 0.234. The zero-order valence-corrected chi connectivity index (χ0v) is 20.7. The van der Waals surface area contributed by atoms with E-state index in [-0.39, 0.29) is 17.4 Å². The van der Waals surface area contributed by atoms with E-state index in [9.17, 15) is 14.4 Å². The lowest BCUT2D eigenvalue weighted by molar-refractivity contribution is -0.115. The number of aromatic carboxylic acids is 1. The number of ether oxygens (including phenoxy) is 1. The van der Waals surface area contributed by atoms with Gasteiger partial charge in [0.25, 0.3) is 5.91 Å². The molecule has 0 fully saturated rings. The van der Waals surface area contributed by atoms with Gasteiger partial charge in [-0.3, -0.25) is 9.59 Å². The number of carboxylic acids is 1. The number of benzene rings is 4. The Hall–Kier alpha value is -4.56. The molecule has 0 radical (unpaired) electrons. The first kappa shape index (κ1) is 25.5. The molecule has 8 heteroatoms. The zero-order chi connectivity index (χ0) is 26.2. The highest BCUT2D eigenvalue weighted by atomic mass is 32.2. The first-order valence-corrected chi connectivity index (χ1v) is 12.2. The minimum atomic E-state index is -1.03. The number of anilines is 2. The highest BCUT2D eigenvalue weighted by Gasteiger charge is 2.22. The maximum atomic E-state index is 13.2. The minimum absolute atomic E-state index is 0.144. The van der Waals surface area contributed by atoms with Gasteiger partial charge in [-0.15, -0.1) is 11.8 Å². The molecule has 0 bridgehead atoms. The van der Waals surface area contributed by atoms with Crippen LogP contribution in [0.5, 0.6) is 5.75 Å². The average Bonchev–Trinajstić information content (AvgIpc) is 2.93. The number of carbonyl (C=O) groups is 3. The van der Waals surface area contributed by atoms with Crippen molar-refractivity contribution in [2.75, 3.05) is 17.7 Å². The molecule has 2 amide bonds. The number of carbonyl (C=O) groups excluding carboxylic acids is 2. The van der Waals surface area contributed by atoms with Gasteiger partial charge in [0, 0.05) is 21.8 Å². The van der Waals surface area contributed by atoms with Crippen LogP contribution in [0.1, 0.15) is 31.5 Å². The highest BCUT2D eigenvalue weighted by Crippen LogP contribution is 2.36. The van der Waals surface area contributed by atoms with Crippen LogP contribution < -0.4 is 15.4 Å². The SMILES string of the molecule is COc1cccc(C(=O)Nc2ccc(SC(C(=O)Nc3ccc(C(=O)O)cc3)c3ccccc3)cc2)c1. The van der Waals surface area contributed by atoms with Crippen molar-refractivity contribution in [1.82, 2.24) is 0 Å². The predicted octanol–water partition coefficient (Wildman–Crippen LogP) is 6.12. The Bertz CT molecular complexity index is 1390. The molecule has 1 unspecified atom stereocenters. The van der Waals surface area contributed by atoms with Crippen LogP contribution in [0.3, 0.4) is 0 Å². The fourth-order valence-corrected chi connectivity index (χ4v) is 4.55. The summed E-state index contributed by atoms with van der Waals surface area (Å²) in [5.41, 5.74) is 2.58. The van der Waals surface area contributed by atoms with Crippen molar-refractivity contribution in [2.24, 2.45) is 0 Å². The smallest absolute Gasteiger partial charge is 0.335 e. The van der Waals surface area contributed by atoms with Gasteiger partial charge in [0.15, 0.2) is 0 Å². The van der Waals surface area contributed by atoms with Gasteiger partial charge in [-0.05, 0) is 72.3 Å². The summed E-state index contributed by atoms with van der Waals surface area (Å²) in [4.78, 5) is 37.8.